The quantitative estimate of drug-likeness (QED) is 0.906. The minimum Gasteiger partial charge on any atom is -0.361 e. The molecule has 20 heavy (non-hydrogen) atoms. The largest absolute Gasteiger partial charge is 0.361 e. The maximum atomic E-state index is 11.4. The summed E-state index contributed by atoms with van der Waals surface area (Å²) in [4.78, 5) is 16.0. The fourth-order valence-electron chi connectivity index (χ4n) is 2.17. The first kappa shape index (κ1) is 13.1. The SMILES string of the molecule is CC(C)CNc1nc(-c2ccc3c(c2)CC(=O)N3)cs1. The van der Waals surface area contributed by atoms with Gasteiger partial charge in [0.15, 0.2) is 5.13 Å². The third kappa shape index (κ3) is 2.67. The van der Waals surface area contributed by atoms with E-state index in [1.807, 2.05) is 12.1 Å². The van der Waals surface area contributed by atoms with Crippen molar-refractivity contribution in [2.75, 3.05) is 17.2 Å². The molecule has 0 fully saturated rings. The van der Waals surface area contributed by atoms with Gasteiger partial charge in [-0.2, -0.15) is 0 Å². The summed E-state index contributed by atoms with van der Waals surface area (Å²) in [6, 6.07) is 6.01. The smallest absolute Gasteiger partial charge is 0.228 e. The number of aromatic nitrogens is 1. The summed E-state index contributed by atoms with van der Waals surface area (Å²) in [7, 11) is 0. The number of thiazole rings is 1. The molecule has 0 saturated heterocycles. The molecule has 1 aromatic carbocycles. The molecular formula is C15H17N3OS. The van der Waals surface area contributed by atoms with Gasteiger partial charge >= 0.3 is 0 Å². The molecule has 0 saturated carbocycles. The normalized spacial score (nSPS) is 13.4. The average Bonchev–Trinajstić information content (AvgIpc) is 3.00. The van der Waals surface area contributed by atoms with Crippen LogP contribution in [-0.4, -0.2) is 17.4 Å². The molecule has 2 N–H and O–H groups in total. The van der Waals surface area contributed by atoms with Crippen molar-refractivity contribution in [1.29, 1.82) is 0 Å². The second kappa shape index (κ2) is 5.25. The van der Waals surface area contributed by atoms with Crippen LogP contribution in [0.3, 0.4) is 0 Å². The molecule has 104 valence electrons. The van der Waals surface area contributed by atoms with E-state index in [0.717, 1.165) is 34.2 Å². The molecule has 5 heteroatoms. The Labute approximate surface area is 122 Å². The summed E-state index contributed by atoms with van der Waals surface area (Å²) >= 11 is 1.62. The summed E-state index contributed by atoms with van der Waals surface area (Å²) in [5.74, 6) is 0.661. The number of nitrogens with zero attached hydrogens (tertiary/aromatic N) is 1. The van der Waals surface area contributed by atoms with Crippen LogP contribution < -0.4 is 10.6 Å². The third-order valence-corrected chi connectivity index (χ3v) is 3.99. The van der Waals surface area contributed by atoms with Crippen LogP contribution in [0, 0.1) is 5.92 Å². The van der Waals surface area contributed by atoms with Crippen LogP contribution >= 0.6 is 11.3 Å². The number of anilines is 2. The highest BCUT2D eigenvalue weighted by Gasteiger charge is 2.18. The Hall–Kier alpha value is -1.88. The van der Waals surface area contributed by atoms with Gasteiger partial charge in [0.25, 0.3) is 0 Å². The Bertz CT molecular complexity index is 648. The molecule has 2 aromatic rings. The van der Waals surface area contributed by atoms with Crippen LogP contribution in [0.15, 0.2) is 23.6 Å². The lowest BCUT2D eigenvalue weighted by Gasteiger charge is -2.04. The van der Waals surface area contributed by atoms with Gasteiger partial charge in [0.2, 0.25) is 5.91 Å². The summed E-state index contributed by atoms with van der Waals surface area (Å²) in [5.41, 5.74) is 4.00. The van der Waals surface area contributed by atoms with Crippen LogP contribution in [0.4, 0.5) is 10.8 Å². The van der Waals surface area contributed by atoms with Crippen molar-refractivity contribution in [3.63, 3.8) is 0 Å². The highest BCUT2D eigenvalue weighted by molar-refractivity contribution is 7.14. The predicted molar refractivity (Wildman–Crippen MR) is 83.2 cm³/mol. The first-order valence-corrected chi connectivity index (χ1v) is 7.62. The van der Waals surface area contributed by atoms with Crippen molar-refractivity contribution >= 4 is 28.1 Å². The van der Waals surface area contributed by atoms with Crippen molar-refractivity contribution in [3.05, 3.63) is 29.1 Å². The highest BCUT2D eigenvalue weighted by Crippen LogP contribution is 2.30. The molecule has 0 unspecified atom stereocenters. The number of amides is 1. The van der Waals surface area contributed by atoms with Crippen LogP contribution in [0.1, 0.15) is 19.4 Å². The fourth-order valence-corrected chi connectivity index (χ4v) is 2.90. The Morgan fingerprint density at radius 2 is 2.30 bits per heavy atom. The molecule has 1 aromatic heterocycles. The van der Waals surface area contributed by atoms with Crippen LogP contribution in [0.25, 0.3) is 11.3 Å². The number of nitrogens with one attached hydrogen (secondary N) is 2. The van der Waals surface area contributed by atoms with Gasteiger partial charge in [-0.3, -0.25) is 4.79 Å². The van der Waals surface area contributed by atoms with E-state index in [1.54, 1.807) is 11.3 Å². The van der Waals surface area contributed by atoms with Gasteiger partial charge < -0.3 is 10.6 Å². The molecule has 1 aliphatic heterocycles. The fraction of sp³-hybridized carbons (Fsp3) is 0.333. The highest BCUT2D eigenvalue weighted by atomic mass is 32.1. The molecule has 2 heterocycles. The summed E-state index contributed by atoms with van der Waals surface area (Å²) in [6.45, 7) is 5.27. The van der Waals surface area contributed by atoms with Crippen LogP contribution in [-0.2, 0) is 11.2 Å². The molecule has 0 radical (unpaired) electrons. The molecule has 1 aliphatic rings. The maximum absolute atomic E-state index is 11.4. The Kier molecular flexibility index (Phi) is 3.44. The topological polar surface area (TPSA) is 54.0 Å². The van der Waals surface area contributed by atoms with Gasteiger partial charge in [-0.1, -0.05) is 19.9 Å². The van der Waals surface area contributed by atoms with Crippen molar-refractivity contribution in [2.45, 2.75) is 20.3 Å². The third-order valence-electron chi connectivity index (χ3n) is 3.19. The monoisotopic (exact) mass is 287 g/mol. The van der Waals surface area contributed by atoms with Crippen molar-refractivity contribution in [3.8, 4) is 11.3 Å². The van der Waals surface area contributed by atoms with Gasteiger partial charge in [0.1, 0.15) is 0 Å². The van der Waals surface area contributed by atoms with Gasteiger partial charge in [-0.15, -0.1) is 11.3 Å². The van der Waals surface area contributed by atoms with E-state index in [-0.39, 0.29) is 5.91 Å². The summed E-state index contributed by atoms with van der Waals surface area (Å²) < 4.78 is 0. The lowest BCUT2D eigenvalue weighted by molar-refractivity contribution is -0.115. The average molecular weight is 287 g/mol. The first-order chi connectivity index (χ1) is 9.61. The van der Waals surface area contributed by atoms with E-state index in [4.69, 9.17) is 0 Å². The summed E-state index contributed by atoms with van der Waals surface area (Å²) in [5, 5.41) is 9.18. The van der Waals surface area contributed by atoms with Gasteiger partial charge in [-0.25, -0.2) is 4.98 Å². The lowest BCUT2D eigenvalue weighted by atomic mass is 10.1. The van der Waals surface area contributed by atoms with Crippen molar-refractivity contribution in [2.24, 2.45) is 5.92 Å². The van der Waals surface area contributed by atoms with Crippen LogP contribution in [0.5, 0.6) is 0 Å². The second-order valence-corrected chi connectivity index (χ2v) is 6.27. The number of fused-ring (bicyclic) bond motifs is 1. The standard InChI is InChI=1S/C15H17N3OS/c1-9(2)7-16-15-18-13(8-20-15)10-3-4-12-11(5-10)6-14(19)17-12/h3-5,8-9H,6-7H2,1-2H3,(H,16,18)(H,17,19). The molecule has 0 atom stereocenters. The maximum Gasteiger partial charge on any atom is 0.228 e. The molecular weight excluding hydrogens is 270 g/mol. The first-order valence-electron chi connectivity index (χ1n) is 6.74. The van der Waals surface area contributed by atoms with E-state index in [2.05, 4.69) is 40.9 Å². The molecule has 4 nitrogen and oxygen atoms in total. The van der Waals surface area contributed by atoms with Crippen LogP contribution in [0.2, 0.25) is 0 Å². The number of hydrogen-bond donors (Lipinski definition) is 2. The minimum atomic E-state index is 0.0646. The van der Waals surface area contributed by atoms with Gasteiger partial charge in [0, 0.05) is 23.2 Å². The van der Waals surface area contributed by atoms with Gasteiger partial charge in [0.05, 0.1) is 12.1 Å². The zero-order valence-corrected chi connectivity index (χ0v) is 12.4. The number of hydrogen-bond acceptors (Lipinski definition) is 4. The molecule has 0 aliphatic carbocycles. The lowest BCUT2D eigenvalue weighted by Crippen LogP contribution is -2.07. The molecule has 3 rings (SSSR count). The number of rotatable bonds is 4. The van der Waals surface area contributed by atoms with Gasteiger partial charge in [-0.05, 0) is 23.6 Å². The van der Waals surface area contributed by atoms with E-state index >= 15 is 0 Å². The number of benzene rings is 1. The number of carbonyl (C=O) groups excluding carboxylic acids is 1. The molecule has 0 spiro atoms. The Balaban J connectivity index is 1.80. The molecule has 1 amide bonds. The van der Waals surface area contributed by atoms with E-state index in [1.165, 1.54) is 0 Å². The van der Waals surface area contributed by atoms with E-state index in [9.17, 15) is 4.79 Å². The summed E-state index contributed by atoms with van der Waals surface area (Å²) in [6.07, 6.45) is 0.464. The zero-order valence-electron chi connectivity index (χ0n) is 11.6. The molecule has 0 bridgehead atoms. The number of carbonyl (C=O) groups is 1. The van der Waals surface area contributed by atoms with E-state index < -0.39 is 0 Å². The van der Waals surface area contributed by atoms with Crippen molar-refractivity contribution in [1.82, 2.24) is 4.98 Å². The van der Waals surface area contributed by atoms with E-state index in [0.29, 0.717) is 12.3 Å². The zero-order chi connectivity index (χ0) is 14.1. The predicted octanol–water partition coefficient (Wildman–Crippen LogP) is 3.37. The Morgan fingerprint density at radius 3 is 3.10 bits per heavy atom. The second-order valence-electron chi connectivity index (χ2n) is 5.41. The minimum absolute atomic E-state index is 0.0646. The van der Waals surface area contributed by atoms with Crippen molar-refractivity contribution < 1.29 is 4.79 Å². The Morgan fingerprint density at radius 1 is 1.45 bits per heavy atom.